The van der Waals surface area contributed by atoms with Gasteiger partial charge in [0, 0.05) is 6.54 Å². The summed E-state index contributed by atoms with van der Waals surface area (Å²) in [6, 6.07) is -0.591. The summed E-state index contributed by atoms with van der Waals surface area (Å²) < 4.78 is 11.5. The molecule has 0 aliphatic carbocycles. The number of likely N-dealkylation sites (N-methyl/N-ethyl adjacent to an activating group) is 2. The first kappa shape index (κ1) is 30.9. The molecular formula is C26H52N2O4. The molecule has 0 amide bonds. The van der Waals surface area contributed by atoms with Crippen LogP contribution in [0.5, 0.6) is 0 Å². The number of carbonyl (C=O) groups is 2. The third kappa shape index (κ3) is 10.7. The minimum absolute atomic E-state index is 0.0708. The summed E-state index contributed by atoms with van der Waals surface area (Å²) in [6.45, 7) is 21.8. The summed E-state index contributed by atoms with van der Waals surface area (Å²) in [7, 11) is 5.80. The van der Waals surface area contributed by atoms with Gasteiger partial charge >= 0.3 is 11.9 Å². The van der Waals surface area contributed by atoms with Crippen molar-refractivity contribution in [2.45, 2.75) is 93.8 Å². The summed E-state index contributed by atoms with van der Waals surface area (Å²) in [4.78, 5) is 29.8. The van der Waals surface area contributed by atoms with Gasteiger partial charge in [0.2, 0.25) is 0 Å². The molecule has 0 aromatic heterocycles. The van der Waals surface area contributed by atoms with Crippen LogP contribution < -0.4 is 0 Å². The summed E-state index contributed by atoms with van der Waals surface area (Å²) >= 11 is 0. The molecule has 0 aliphatic rings. The molecule has 190 valence electrons. The molecule has 0 rings (SSSR count). The average Bonchev–Trinajstić information content (AvgIpc) is 2.63. The van der Waals surface area contributed by atoms with Crippen molar-refractivity contribution >= 4 is 11.9 Å². The normalized spacial score (nSPS) is 17.4. The van der Waals surface area contributed by atoms with Crippen LogP contribution in [0.3, 0.4) is 0 Å². The number of carbonyl (C=O) groups excluding carboxylic acids is 2. The van der Waals surface area contributed by atoms with Crippen molar-refractivity contribution in [3.8, 4) is 0 Å². The molecule has 6 nitrogen and oxygen atoms in total. The van der Waals surface area contributed by atoms with Gasteiger partial charge in [-0.2, -0.15) is 0 Å². The molecule has 32 heavy (non-hydrogen) atoms. The lowest BCUT2D eigenvalue weighted by atomic mass is 9.89. The molecule has 0 aromatic carbocycles. The number of nitrogens with zero attached hydrogens (tertiary/aromatic N) is 2. The van der Waals surface area contributed by atoms with Gasteiger partial charge in [0.15, 0.2) is 0 Å². The van der Waals surface area contributed by atoms with E-state index in [0.717, 1.165) is 0 Å². The Bertz CT molecular complexity index is 569. The number of esters is 2. The van der Waals surface area contributed by atoms with Gasteiger partial charge in [-0.15, -0.1) is 0 Å². The van der Waals surface area contributed by atoms with Gasteiger partial charge in [0.05, 0.1) is 6.61 Å². The van der Waals surface area contributed by atoms with Gasteiger partial charge in [-0.25, -0.2) is 0 Å². The predicted molar refractivity (Wildman–Crippen MR) is 132 cm³/mol. The van der Waals surface area contributed by atoms with Crippen molar-refractivity contribution in [1.29, 1.82) is 0 Å². The number of hydrogen-bond acceptors (Lipinski definition) is 6. The zero-order chi connectivity index (χ0) is 25.4. The highest BCUT2D eigenvalue weighted by Gasteiger charge is 2.34. The molecule has 0 radical (unpaired) electrons. The second-order valence-electron chi connectivity index (χ2n) is 11.7. The Balaban J connectivity index is 5.10. The van der Waals surface area contributed by atoms with Crippen LogP contribution >= 0.6 is 0 Å². The van der Waals surface area contributed by atoms with Gasteiger partial charge in [0.25, 0.3) is 0 Å². The Morgan fingerprint density at radius 3 is 1.66 bits per heavy atom. The Kier molecular flexibility index (Phi) is 13.1. The molecule has 6 heteroatoms. The molecule has 0 bridgehead atoms. The van der Waals surface area contributed by atoms with Crippen LogP contribution in [0.4, 0.5) is 0 Å². The fraction of sp³-hybridized carbons (Fsp3) is 0.923. The SMILES string of the molecule is CC(CCN(C)C(C(=O)OCC(C)(C)C)C(C)C(C)C)OC(=O)C(C(C)C(C)C)N(C)C. The number of hydrogen-bond donors (Lipinski definition) is 0. The maximum absolute atomic E-state index is 12.9. The van der Waals surface area contributed by atoms with E-state index in [9.17, 15) is 9.59 Å². The summed E-state index contributed by atoms with van der Waals surface area (Å²) in [5.41, 5.74) is -0.0708. The van der Waals surface area contributed by atoms with Crippen molar-refractivity contribution in [2.75, 3.05) is 34.3 Å². The lowest BCUT2D eigenvalue weighted by molar-refractivity contribution is -0.159. The van der Waals surface area contributed by atoms with Crippen molar-refractivity contribution in [3.63, 3.8) is 0 Å². The lowest BCUT2D eigenvalue weighted by Crippen LogP contribution is -2.47. The topological polar surface area (TPSA) is 59.1 Å². The second-order valence-corrected chi connectivity index (χ2v) is 11.7. The van der Waals surface area contributed by atoms with Gasteiger partial charge in [-0.1, -0.05) is 62.3 Å². The van der Waals surface area contributed by atoms with E-state index in [4.69, 9.17) is 9.47 Å². The minimum atomic E-state index is -0.323. The van der Waals surface area contributed by atoms with Gasteiger partial charge in [-0.3, -0.25) is 19.4 Å². The number of rotatable bonds is 13. The second kappa shape index (κ2) is 13.5. The van der Waals surface area contributed by atoms with E-state index in [1.807, 2.05) is 33.0 Å². The van der Waals surface area contributed by atoms with E-state index in [1.54, 1.807) is 0 Å². The van der Waals surface area contributed by atoms with E-state index in [-0.39, 0.29) is 47.4 Å². The Labute approximate surface area is 198 Å². The number of ether oxygens (including phenoxy) is 2. The van der Waals surface area contributed by atoms with Crippen molar-refractivity contribution in [2.24, 2.45) is 29.1 Å². The zero-order valence-electron chi connectivity index (χ0n) is 23.2. The maximum Gasteiger partial charge on any atom is 0.323 e. The van der Waals surface area contributed by atoms with Crippen LogP contribution in [0.2, 0.25) is 0 Å². The average molecular weight is 457 g/mol. The molecule has 0 aliphatic heterocycles. The lowest BCUT2D eigenvalue weighted by Gasteiger charge is -2.34. The molecule has 0 spiro atoms. The fourth-order valence-corrected chi connectivity index (χ4v) is 3.65. The summed E-state index contributed by atoms with van der Waals surface area (Å²) in [5, 5.41) is 0. The van der Waals surface area contributed by atoms with E-state index in [1.165, 1.54) is 0 Å². The van der Waals surface area contributed by atoms with Crippen LogP contribution in [-0.2, 0) is 19.1 Å². The van der Waals surface area contributed by atoms with Crippen LogP contribution in [0.15, 0.2) is 0 Å². The Hall–Kier alpha value is -1.14. The standard InChI is InChI=1S/C26H52N2O4/c1-17(2)20(6)22(27(11)12)25(30)32-19(5)14-15-28(13)23(21(7)18(3)4)24(29)31-16-26(8,9)10/h17-23H,14-16H2,1-13H3. The molecule has 0 fully saturated rings. The first-order valence-corrected chi connectivity index (χ1v) is 12.2. The van der Waals surface area contributed by atoms with Crippen LogP contribution in [0, 0.1) is 29.1 Å². The third-order valence-electron chi connectivity index (χ3n) is 6.47. The van der Waals surface area contributed by atoms with Gasteiger partial charge in [-0.05, 0) is 63.6 Å². The molecule has 0 aromatic rings. The van der Waals surface area contributed by atoms with Gasteiger partial charge < -0.3 is 9.47 Å². The first-order chi connectivity index (χ1) is 14.5. The molecule has 5 unspecified atom stereocenters. The first-order valence-electron chi connectivity index (χ1n) is 12.2. The molecule has 5 atom stereocenters. The predicted octanol–water partition coefficient (Wildman–Crippen LogP) is 4.71. The van der Waals surface area contributed by atoms with Gasteiger partial charge in [0.1, 0.15) is 18.2 Å². The van der Waals surface area contributed by atoms with E-state index in [2.05, 4.69) is 67.2 Å². The van der Waals surface area contributed by atoms with Crippen LogP contribution in [0.1, 0.15) is 75.7 Å². The summed E-state index contributed by atoms with van der Waals surface area (Å²) in [5.74, 6) is 0.721. The van der Waals surface area contributed by atoms with E-state index < -0.39 is 0 Å². The van der Waals surface area contributed by atoms with E-state index in [0.29, 0.717) is 31.4 Å². The highest BCUT2D eigenvalue weighted by molar-refractivity contribution is 5.76. The van der Waals surface area contributed by atoms with Crippen molar-refractivity contribution in [3.05, 3.63) is 0 Å². The fourth-order valence-electron chi connectivity index (χ4n) is 3.65. The van der Waals surface area contributed by atoms with Crippen LogP contribution in [-0.4, -0.2) is 74.2 Å². The van der Waals surface area contributed by atoms with Crippen molar-refractivity contribution in [1.82, 2.24) is 9.80 Å². The molecule has 0 saturated heterocycles. The highest BCUT2D eigenvalue weighted by Crippen LogP contribution is 2.23. The smallest absolute Gasteiger partial charge is 0.323 e. The van der Waals surface area contributed by atoms with Crippen molar-refractivity contribution < 1.29 is 19.1 Å². The minimum Gasteiger partial charge on any atom is -0.464 e. The molecule has 0 saturated carbocycles. The Morgan fingerprint density at radius 2 is 1.25 bits per heavy atom. The Morgan fingerprint density at radius 1 is 0.781 bits per heavy atom. The van der Waals surface area contributed by atoms with Crippen LogP contribution in [0.25, 0.3) is 0 Å². The maximum atomic E-state index is 12.9. The largest absolute Gasteiger partial charge is 0.464 e. The molecule has 0 heterocycles. The monoisotopic (exact) mass is 456 g/mol. The zero-order valence-corrected chi connectivity index (χ0v) is 23.2. The quantitative estimate of drug-likeness (QED) is 0.374. The van der Waals surface area contributed by atoms with E-state index >= 15 is 0 Å². The highest BCUT2D eigenvalue weighted by atomic mass is 16.5. The third-order valence-corrected chi connectivity index (χ3v) is 6.47. The molecule has 0 N–H and O–H groups in total. The summed E-state index contributed by atoms with van der Waals surface area (Å²) in [6.07, 6.45) is 0.430. The molecular weight excluding hydrogens is 404 g/mol.